The van der Waals surface area contributed by atoms with Crippen LogP contribution in [-0.2, 0) is 4.84 Å². The van der Waals surface area contributed by atoms with E-state index in [1.807, 2.05) is 20.8 Å². The normalized spacial score (nSPS) is 21.0. The van der Waals surface area contributed by atoms with Crippen LogP contribution in [0.2, 0.25) is 5.02 Å². The lowest BCUT2D eigenvalue weighted by atomic mass is 10.1. The third-order valence-corrected chi connectivity index (χ3v) is 4.12. The van der Waals surface area contributed by atoms with E-state index in [0.717, 1.165) is 12.3 Å². The maximum absolute atomic E-state index is 12.1. The van der Waals surface area contributed by atoms with Gasteiger partial charge in [-0.1, -0.05) is 18.5 Å². The third-order valence-electron chi connectivity index (χ3n) is 3.86. The summed E-state index contributed by atoms with van der Waals surface area (Å²) in [6.45, 7) is 8.24. The lowest BCUT2D eigenvalue weighted by molar-refractivity contribution is -1.16. The van der Waals surface area contributed by atoms with Crippen LogP contribution >= 0.6 is 11.6 Å². The van der Waals surface area contributed by atoms with Crippen molar-refractivity contribution in [2.75, 3.05) is 13.7 Å². The SMILES string of the molecule is CCCC1=NCN(Oc2ccc(Cl)cc2)[N+]1(OC(=O)NC)C(C)(C)C. The van der Waals surface area contributed by atoms with Crippen molar-refractivity contribution in [1.82, 2.24) is 10.5 Å². The summed E-state index contributed by atoms with van der Waals surface area (Å²) < 4.78 is -0.247. The Bertz CT molecular complexity index is 642. The molecule has 25 heavy (non-hydrogen) atoms. The fourth-order valence-corrected chi connectivity index (χ4v) is 2.86. The molecule has 1 atom stereocenters. The van der Waals surface area contributed by atoms with Crippen molar-refractivity contribution in [1.29, 1.82) is 0 Å². The molecule has 1 aromatic carbocycles. The molecular weight excluding hydrogens is 344 g/mol. The Morgan fingerprint density at radius 3 is 2.52 bits per heavy atom. The molecule has 1 aliphatic heterocycles. The summed E-state index contributed by atoms with van der Waals surface area (Å²) in [4.78, 5) is 28.5. The number of carbonyl (C=O) groups excluding carboxylic acids is 1. The first-order valence-electron chi connectivity index (χ1n) is 8.30. The zero-order valence-corrected chi connectivity index (χ0v) is 16.1. The van der Waals surface area contributed by atoms with Gasteiger partial charge in [-0.25, -0.2) is 14.6 Å². The molecule has 0 bridgehead atoms. The molecule has 1 unspecified atom stereocenters. The Labute approximate surface area is 153 Å². The lowest BCUT2D eigenvalue weighted by Gasteiger charge is -2.43. The first-order chi connectivity index (χ1) is 11.7. The van der Waals surface area contributed by atoms with Gasteiger partial charge in [0.15, 0.2) is 18.0 Å². The molecule has 0 radical (unpaired) electrons. The number of hydroxylamine groups is 3. The molecule has 1 N–H and O–H groups in total. The average Bonchev–Trinajstić information content (AvgIpc) is 2.88. The smallest absolute Gasteiger partial charge is 0.356 e. The minimum atomic E-state index is -0.551. The molecule has 7 nitrogen and oxygen atoms in total. The fourth-order valence-electron chi connectivity index (χ4n) is 2.74. The van der Waals surface area contributed by atoms with Gasteiger partial charge in [0.25, 0.3) is 5.84 Å². The van der Waals surface area contributed by atoms with E-state index in [9.17, 15) is 4.79 Å². The molecule has 2 rings (SSSR count). The average molecular weight is 370 g/mol. The number of aliphatic imine (C=N–C) groups is 1. The van der Waals surface area contributed by atoms with Gasteiger partial charge in [0.2, 0.25) is 0 Å². The molecule has 0 aliphatic carbocycles. The summed E-state index contributed by atoms with van der Waals surface area (Å²) in [5, 5.41) is 4.70. The van der Waals surface area contributed by atoms with E-state index >= 15 is 0 Å². The maximum atomic E-state index is 12.1. The van der Waals surface area contributed by atoms with E-state index in [4.69, 9.17) is 21.3 Å². The first-order valence-corrected chi connectivity index (χ1v) is 8.68. The summed E-state index contributed by atoms with van der Waals surface area (Å²) in [7, 11) is 1.53. The highest BCUT2D eigenvalue weighted by Crippen LogP contribution is 2.36. The number of carbonyl (C=O) groups is 1. The van der Waals surface area contributed by atoms with Gasteiger partial charge in [-0.15, -0.1) is 0 Å². The van der Waals surface area contributed by atoms with Crippen molar-refractivity contribution in [3.63, 3.8) is 0 Å². The van der Waals surface area contributed by atoms with Crippen molar-refractivity contribution < 1.29 is 19.2 Å². The molecular formula is C17H26ClN4O3+. The Hall–Kier alpha value is -1.83. The molecule has 0 saturated carbocycles. The minimum absolute atomic E-state index is 0.247. The van der Waals surface area contributed by atoms with Crippen LogP contribution in [0.25, 0.3) is 0 Å². The van der Waals surface area contributed by atoms with Crippen LogP contribution in [0.5, 0.6) is 5.75 Å². The van der Waals surface area contributed by atoms with Crippen molar-refractivity contribution >= 4 is 23.5 Å². The predicted octanol–water partition coefficient (Wildman–Crippen LogP) is 3.91. The lowest BCUT2D eigenvalue weighted by Crippen LogP contribution is -2.70. The molecule has 1 aliphatic rings. The van der Waals surface area contributed by atoms with Crippen molar-refractivity contribution in [3.8, 4) is 5.75 Å². The van der Waals surface area contributed by atoms with Crippen LogP contribution in [0, 0.1) is 0 Å². The Kier molecular flexibility index (Phi) is 5.92. The summed E-state index contributed by atoms with van der Waals surface area (Å²) >= 11 is 5.94. The van der Waals surface area contributed by atoms with Gasteiger partial charge >= 0.3 is 6.09 Å². The van der Waals surface area contributed by atoms with E-state index in [-0.39, 0.29) is 11.4 Å². The van der Waals surface area contributed by atoms with Crippen LogP contribution in [0.3, 0.4) is 0 Å². The quantitative estimate of drug-likeness (QED) is 0.799. The second kappa shape index (κ2) is 7.59. The highest BCUT2D eigenvalue weighted by atomic mass is 35.5. The molecule has 0 fully saturated rings. The van der Waals surface area contributed by atoms with E-state index in [1.54, 1.807) is 29.4 Å². The monoisotopic (exact) mass is 369 g/mol. The number of rotatable bonds is 5. The van der Waals surface area contributed by atoms with Crippen LogP contribution < -0.4 is 10.2 Å². The van der Waals surface area contributed by atoms with Crippen LogP contribution in [0.4, 0.5) is 4.79 Å². The highest BCUT2D eigenvalue weighted by Gasteiger charge is 2.61. The standard InChI is InChI=1S/C17H25ClN4O3/c1-6-7-15-20-12-21(24-14-10-8-13(18)9-11-14)22(15,17(2,3)4)25-16(23)19-5/h8-11H,6-7,12H2,1-5H3/p+1. The van der Waals surface area contributed by atoms with Gasteiger partial charge in [-0.3, -0.25) is 0 Å². The van der Waals surface area contributed by atoms with Crippen LogP contribution in [0.1, 0.15) is 40.5 Å². The van der Waals surface area contributed by atoms with E-state index in [2.05, 4.69) is 17.2 Å². The van der Waals surface area contributed by atoms with Gasteiger partial charge < -0.3 is 10.2 Å². The van der Waals surface area contributed by atoms with Gasteiger partial charge in [0.05, 0.1) is 5.17 Å². The summed E-state index contributed by atoms with van der Waals surface area (Å²) in [5.41, 5.74) is -0.524. The molecule has 1 heterocycles. The minimum Gasteiger partial charge on any atom is -0.356 e. The van der Waals surface area contributed by atoms with Gasteiger partial charge in [-0.05, 0) is 51.5 Å². The topological polar surface area (TPSA) is 63.2 Å². The number of hydrogen-bond donors (Lipinski definition) is 1. The zero-order valence-electron chi connectivity index (χ0n) is 15.4. The van der Waals surface area contributed by atoms with Gasteiger partial charge in [-0.2, -0.15) is 0 Å². The molecule has 0 aromatic heterocycles. The van der Waals surface area contributed by atoms with Gasteiger partial charge in [0.1, 0.15) is 0 Å². The first kappa shape index (κ1) is 19.5. The number of hydrogen-bond acceptors (Lipinski definition) is 5. The summed E-state index contributed by atoms with van der Waals surface area (Å²) in [6, 6.07) is 7.01. The zero-order chi connectivity index (χ0) is 18.7. The molecule has 1 amide bonds. The number of amidine groups is 1. The Morgan fingerprint density at radius 2 is 2.00 bits per heavy atom. The van der Waals surface area contributed by atoms with Crippen molar-refractivity contribution in [3.05, 3.63) is 29.3 Å². The Morgan fingerprint density at radius 1 is 1.36 bits per heavy atom. The molecule has 138 valence electrons. The molecule has 1 aromatic rings. The second-order valence-electron chi connectivity index (χ2n) is 6.74. The molecule has 0 saturated heterocycles. The molecule has 8 heteroatoms. The summed E-state index contributed by atoms with van der Waals surface area (Å²) in [6.07, 6.45) is 1.01. The van der Waals surface area contributed by atoms with E-state index in [1.165, 1.54) is 7.05 Å². The number of halogens is 1. The number of nitrogens with zero attached hydrogens (tertiary/aromatic N) is 3. The van der Waals surface area contributed by atoms with E-state index in [0.29, 0.717) is 17.2 Å². The van der Waals surface area contributed by atoms with Crippen molar-refractivity contribution in [2.45, 2.75) is 46.1 Å². The maximum Gasteiger partial charge on any atom is 0.465 e. The van der Waals surface area contributed by atoms with E-state index < -0.39 is 11.6 Å². The van der Waals surface area contributed by atoms with Crippen LogP contribution in [0.15, 0.2) is 29.3 Å². The Balaban J connectivity index is 2.42. The number of benzene rings is 1. The largest absolute Gasteiger partial charge is 0.465 e. The predicted molar refractivity (Wildman–Crippen MR) is 96.7 cm³/mol. The van der Waals surface area contributed by atoms with Crippen LogP contribution in [-0.4, -0.2) is 41.1 Å². The third kappa shape index (κ3) is 3.89. The summed E-state index contributed by atoms with van der Waals surface area (Å²) in [5.74, 6) is 1.33. The second-order valence-corrected chi connectivity index (χ2v) is 7.18. The van der Waals surface area contributed by atoms with Crippen molar-refractivity contribution in [2.24, 2.45) is 4.99 Å². The number of amides is 1. The molecule has 0 spiro atoms. The van der Waals surface area contributed by atoms with Gasteiger partial charge in [0, 0.05) is 23.2 Å². The highest BCUT2D eigenvalue weighted by molar-refractivity contribution is 6.30. The number of quaternary nitrogens is 1. The fraction of sp³-hybridized carbons (Fsp3) is 0.529. The number of nitrogens with one attached hydrogen (secondary N) is 1.